The molecule has 2 aliphatic rings. The van der Waals surface area contributed by atoms with E-state index in [0.29, 0.717) is 11.7 Å². The molecule has 2 aromatic rings. The second-order valence-corrected chi connectivity index (χ2v) is 9.37. The Morgan fingerprint density at radius 1 is 1.22 bits per heavy atom. The van der Waals surface area contributed by atoms with Gasteiger partial charge in [-0.1, -0.05) is 38.2 Å². The molecule has 1 aromatic carbocycles. The fourth-order valence-electron chi connectivity index (χ4n) is 3.85. The molecule has 0 unspecified atom stereocenters. The molecule has 9 heteroatoms. The van der Waals surface area contributed by atoms with Gasteiger partial charge in [0.05, 0.1) is 10.9 Å². The average Bonchev–Trinajstić information content (AvgIpc) is 3.10. The van der Waals surface area contributed by atoms with E-state index in [1.54, 1.807) is 16.9 Å². The third-order valence-electron chi connectivity index (χ3n) is 5.65. The van der Waals surface area contributed by atoms with E-state index >= 15 is 0 Å². The van der Waals surface area contributed by atoms with Crippen LogP contribution in [0.2, 0.25) is 0 Å². The van der Waals surface area contributed by atoms with Crippen molar-refractivity contribution in [3.05, 3.63) is 23.8 Å². The molecule has 0 radical (unpaired) electrons. The zero-order valence-electron chi connectivity index (χ0n) is 15.6. The van der Waals surface area contributed by atoms with Crippen LogP contribution in [0, 0.1) is 5.92 Å². The highest BCUT2D eigenvalue weighted by molar-refractivity contribution is 7.89. The number of tetrazole rings is 1. The van der Waals surface area contributed by atoms with Crippen molar-refractivity contribution in [3.63, 3.8) is 0 Å². The molecule has 4 rings (SSSR count). The van der Waals surface area contributed by atoms with Gasteiger partial charge in [0.15, 0.2) is 0 Å². The van der Waals surface area contributed by atoms with Crippen molar-refractivity contribution in [1.82, 2.24) is 30.2 Å². The van der Waals surface area contributed by atoms with E-state index in [2.05, 4.69) is 25.4 Å². The fraction of sp³-hybridized carbons (Fsp3) is 0.611. The van der Waals surface area contributed by atoms with Crippen LogP contribution in [0.25, 0.3) is 11.4 Å². The Morgan fingerprint density at radius 3 is 2.67 bits per heavy atom. The van der Waals surface area contributed by atoms with Gasteiger partial charge in [-0.15, -0.1) is 10.2 Å². The fourth-order valence-corrected chi connectivity index (χ4v) is 4.61. The summed E-state index contributed by atoms with van der Waals surface area (Å²) < 4.78 is 26.9. The molecule has 0 atom stereocenters. The number of benzene rings is 1. The molecule has 2 N–H and O–H groups in total. The molecule has 1 saturated carbocycles. The maximum absolute atomic E-state index is 12.3. The first-order valence-electron chi connectivity index (χ1n) is 9.64. The molecule has 8 nitrogen and oxygen atoms in total. The number of hydrogen-bond donors (Lipinski definition) is 2. The molecule has 27 heavy (non-hydrogen) atoms. The first-order chi connectivity index (χ1) is 13.1. The minimum absolute atomic E-state index is 0.220. The molecule has 0 spiro atoms. The summed E-state index contributed by atoms with van der Waals surface area (Å²) >= 11 is 0. The van der Waals surface area contributed by atoms with Gasteiger partial charge in [0.25, 0.3) is 0 Å². The average molecular weight is 391 g/mol. The van der Waals surface area contributed by atoms with E-state index in [1.807, 2.05) is 6.07 Å². The van der Waals surface area contributed by atoms with Gasteiger partial charge >= 0.3 is 0 Å². The topological polar surface area (TPSA) is 102 Å². The first kappa shape index (κ1) is 18.5. The highest BCUT2D eigenvalue weighted by Gasteiger charge is 2.24. The molecule has 0 bridgehead atoms. The molecular weight excluding hydrogens is 364 g/mol. The second kappa shape index (κ2) is 7.65. The molecule has 2 fully saturated rings. The zero-order chi connectivity index (χ0) is 18.9. The minimum Gasteiger partial charge on any atom is -0.312 e. The largest absolute Gasteiger partial charge is 0.312 e. The monoisotopic (exact) mass is 390 g/mol. The quantitative estimate of drug-likeness (QED) is 0.775. The summed E-state index contributed by atoms with van der Waals surface area (Å²) in [4.78, 5) is 1.86. The van der Waals surface area contributed by atoms with E-state index in [1.165, 1.54) is 39.2 Å². The minimum atomic E-state index is -3.52. The maximum Gasteiger partial charge on any atom is 0.240 e. The van der Waals surface area contributed by atoms with Gasteiger partial charge in [0.2, 0.25) is 15.8 Å². The predicted molar refractivity (Wildman–Crippen MR) is 102 cm³/mol. The van der Waals surface area contributed by atoms with E-state index in [9.17, 15) is 8.42 Å². The Hall–Kier alpha value is -1.84. The van der Waals surface area contributed by atoms with Crippen molar-refractivity contribution < 1.29 is 8.42 Å². The van der Waals surface area contributed by atoms with E-state index in [-0.39, 0.29) is 10.9 Å². The second-order valence-electron chi connectivity index (χ2n) is 7.48. The van der Waals surface area contributed by atoms with Crippen LogP contribution in [0.15, 0.2) is 23.1 Å². The molecule has 0 amide bonds. The highest BCUT2D eigenvalue weighted by Crippen LogP contribution is 2.31. The number of aromatic nitrogens is 4. The molecule has 146 valence electrons. The molecule has 1 aliphatic carbocycles. The lowest BCUT2D eigenvalue weighted by atomic mass is 9.84. The summed E-state index contributed by atoms with van der Waals surface area (Å²) in [6.07, 6.45) is 7.24. The van der Waals surface area contributed by atoms with Crippen molar-refractivity contribution in [2.45, 2.75) is 49.5 Å². The van der Waals surface area contributed by atoms with Crippen molar-refractivity contribution in [1.29, 1.82) is 0 Å². The lowest BCUT2D eigenvalue weighted by Crippen LogP contribution is -2.44. The number of sulfonamides is 1. The summed E-state index contributed by atoms with van der Waals surface area (Å²) in [5, 5.41) is 16.2. The molecule has 1 saturated heterocycles. The van der Waals surface area contributed by atoms with Crippen LogP contribution in [0.1, 0.15) is 43.7 Å². The van der Waals surface area contributed by atoms with Gasteiger partial charge in [0, 0.05) is 18.7 Å². The summed E-state index contributed by atoms with van der Waals surface area (Å²) in [7, 11) is -2.10. The van der Waals surface area contributed by atoms with Crippen LogP contribution in [0.3, 0.4) is 0 Å². The third kappa shape index (κ3) is 3.90. The SMILES string of the molecule is CNS(=O)(=O)c1ccc(CC2CCCCC2)c(-c2nnn(C3CNC3)n2)c1. The normalized spacial score (nSPS) is 19.1. The standard InChI is InChI=1S/C18H26N6O2S/c1-19-27(25,26)16-8-7-14(9-13-5-3-2-4-6-13)17(10-16)18-21-23-24(22-18)15-11-20-12-15/h7-8,10,13,15,19-20H,2-6,9,11-12H2,1H3. The Morgan fingerprint density at radius 2 is 2.00 bits per heavy atom. The summed E-state index contributed by atoms with van der Waals surface area (Å²) in [6.45, 7) is 1.66. The summed E-state index contributed by atoms with van der Waals surface area (Å²) in [5.41, 5.74) is 1.87. The lowest BCUT2D eigenvalue weighted by Gasteiger charge is -2.25. The van der Waals surface area contributed by atoms with Crippen LogP contribution >= 0.6 is 0 Å². The van der Waals surface area contributed by atoms with Crippen LogP contribution in [0.5, 0.6) is 0 Å². The smallest absolute Gasteiger partial charge is 0.240 e. The number of hydrogen-bond acceptors (Lipinski definition) is 6. The molecule has 1 aromatic heterocycles. The van der Waals surface area contributed by atoms with Gasteiger partial charge in [-0.3, -0.25) is 0 Å². The Bertz CT molecular complexity index is 900. The molecular formula is C18H26N6O2S. The van der Waals surface area contributed by atoms with Crippen LogP contribution in [0.4, 0.5) is 0 Å². The van der Waals surface area contributed by atoms with Gasteiger partial charge in [0.1, 0.15) is 0 Å². The van der Waals surface area contributed by atoms with Gasteiger partial charge in [-0.25, -0.2) is 13.1 Å². The van der Waals surface area contributed by atoms with E-state index in [0.717, 1.165) is 30.6 Å². The van der Waals surface area contributed by atoms with E-state index < -0.39 is 10.0 Å². The van der Waals surface area contributed by atoms with Crippen molar-refractivity contribution in [3.8, 4) is 11.4 Å². The predicted octanol–water partition coefficient (Wildman–Crippen LogP) is 1.52. The van der Waals surface area contributed by atoms with E-state index in [4.69, 9.17) is 0 Å². The number of nitrogens with zero attached hydrogens (tertiary/aromatic N) is 4. The summed E-state index contributed by atoms with van der Waals surface area (Å²) in [6, 6.07) is 5.50. The molecule has 2 heterocycles. The zero-order valence-corrected chi connectivity index (χ0v) is 16.4. The highest BCUT2D eigenvalue weighted by atomic mass is 32.2. The van der Waals surface area contributed by atoms with Gasteiger partial charge < -0.3 is 5.32 Å². The van der Waals surface area contributed by atoms with Crippen LogP contribution < -0.4 is 10.0 Å². The number of nitrogens with one attached hydrogen (secondary N) is 2. The van der Waals surface area contributed by atoms with Gasteiger partial charge in [-0.2, -0.15) is 4.80 Å². The van der Waals surface area contributed by atoms with Gasteiger partial charge in [-0.05, 0) is 42.3 Å². The molecule has 1 aliphatic heterocycles. The Balaban J connectivity index is 1.70. The first-order valence-corrected chi connectivity index (χ1v) is 11.1. The van der Waals surface area contributed by atoms with Crippen molar-refractivity contribution in [2.75, 3.05) is 20.1 Å². The van der Waals surface area contributed by atoms with Crippen LogP contribution in [-0.2, 0) is 16.4 Å². The van der Waals surface area contributed by atoms with Crippen molar-refractivity contribution in [2.24, 2.45) is 5.92 Å². The lowest BCUT2D eigenvalue weighted by molar-refractivity contribution is 0.285. The Labute approximate surface area is 159 Å². The Kier molecular flexibility index (Phi) is 5.25. The summed E-state index contributed by atoms with van der Waals surface area (Å²) in [5.74, 6) is 1.14. The van der Waals surface area contributed by atoms with Crippen molar-refractivity contribution >= 4 is 10.0 Å². The maximum atomic E-state index is 12.3. The number of rotatable bonds is 6. The van der Waals surface area contributed by atoms with Crippen LogP contribution in [-0.4, -0.2) is 48.8 Å². The third-order valence-corrected chi connectivity index (χ3v) is 7.06.